The highest BCUT2D eigenvalue weighted by molar-refractivity contribution is 5.13. The van der Waals surface area contributed by atoms with Crippen molar-refractivity contribution in [2.75, 3.05) is 6.61 Å². The Morgan fingerprint density at radius 3 is 2.53 bits per heavy atom. The molecule has 0 spiro atoms. The van der Waals surface area contributed by atoms with Gasteiger partial charge in [0.25, 0.3) is 0 Å². The molecule has 1 aliphatic rings. The molecule has 1 aromatic rings. The highest BCUT2D eigenvalue weighted by Gasteiger charge is 2.41. The summed E-state index contributed by atoms with van der Waals surface area (Å²) in [5, 5.41) is 19.2. The van der Waals surface area contributed by atoms with Crippen molar-refractivity contribution in [3.63, 3.8) is 0 Å². The molecule has 1 fully saturated rings. The van der Waals surface area contributed by atoms with E-state index in [0.29, 0.717) is 6.61 Å². The quantitative estimate of drug-likeness (QED) is 0.863. The van der Waals surface area contributed by atoms with Gasteiger partial charge in [0.15, 0.2) is 0 Å². The maximum Gasteiger partial charge on any atom is 0.107 e. The van der Waals surface area contributed by atoms with Gasteiger partial charge < -0.3 is 19.7 Å². The molecule has 0 aliphatic carbocycles. The minimum atomic E-state index is -0.693. The maximum absolute atomic E-state index is 10.1. The molecule has 2 N–H and O–H groups in total. The average Bonchev–Trinajstić information content (AvgIpc) is 2.44. The third-order valence-corrected chi connectivity index (χ3v) is 3.76. The SMILES string of the molecule is CC1OC(CO)C(O)C(C)C1OCc1ccccc1. The van der Waals surface area contributed by atoms with Crippen LogP contribution in [0.3, 0.4) is 0 Å². The van der Waals surface area contributed by atoms with Gasteiger partial charge in [-0.1, -0.05) is 37.3 Å². The number of aliphatic hydroxyl groups is 2. The molecule has 4 heteroatoms. The number of aliphatic hydroxyl groups excluding tert-OH is 2. The minimum Gasteiger partial charge on any atom is -0.394 e. The van der Waals surface area contributed by atoms with Gasteiger partial charge in [0.2, 0.25) is 0 Å². The number of hydrogen-bond donors (Lipinski definition) is 2. The van der Waals surface area contributed by atoms with E-state index in [-0.39, 0.29) is 24.7 Å². The highest BCUT2D eigenvalue weighted by atomic mass is 16.6. The minimum absolute atomic E-state index is 0.0652. The summed E-state index contributed by atoms with van der Waals surface area (Å²) < 4.78 is 11.5. The second kappa shape index (κ2) is 6.48. The first kappa shape index (κ1) is 14.5. The molecule has 1 heterocycles. The van der Waals surface area contributed by atoms with Crippen LogP contribution >= 0.6 is 0 Å². The molecule has 106 valence electrons. The summed E-state index contributed by atoms with van der Waals surface area (Å²) in [6, 6.07) is 9.92. The summed E-state index contributed by atoms with van der Waals surface area (Å²) in [5.74, 6) is -0.0652. The largest absolute Gasteiger partial charge is 0.394 e. The van der Waals surface area contributed by atoms with Crippen molar-refractivity contribution in [2.45, 2.75) is 44.9 Å². The Labute approximate surface area is 114 Å². The second-order valence-electron chi connectivity index (χ2n) is 5.17. The van der Waals surface area contributed by atoms with Gasteiger partial charge in [-0.15, -0.1) is 0 Å². The van der Waals surface area contributed by atoms with Crippen LogP contribution in [0.15, 0.2) is 30.3 Å². The number of benzene rings is 1. The molecule has 0 radical (unpaired) electrons. The number of hydrogen-bond acceptors (Lipinski definition) is 4. The molecular weight excluding hydrogens is 244 g/mol. The predicted octanol–water partition coefficient (Wildman–Crippen LogP) is 1.35. The van der Waals surface area contributed by atoms with Gasteiger partial charge in [-0.05, 0) is 12.5 Å². The molecule has 4 nitrogen and oxygen atoms in total. The van der Waals surface area contributed by atoms with E-state index < -0.39 is 12.2 Å². The molecule has 0 saturated carbocycles. The van der Waals surface area contributed by atoms with Crippen LogP contribution in [0.4, 0.5) is 0 Å². The van der Waals surface area contributed by atoms with Gasteiger partial charge >= 0.3 is 0 Å². The van der Waals surface area contributed by atoms with Crippen molar-refractivity contribution < 1.29 is 19.7 Å². The first-order chi connectivity index (χ1) is 9.13. The van der Waals surface area contributed by atoms with Crippen LogP contribution in [-0.2, 0) is 16.1 Å². The van der Waals surface area contributed by atoms with Crippen LogP contribution in [-0.4, -0.2) is 41.2 Å². The molecular formula is C15H22O4. The Kier molecular flexibility index (Phi) is 4.93. The molecule has 0 amide bonds. The molecule has 1 saturated heterocycles. The van der Waals surface area contributed by atoms with Crippen molar-refractivity contribution in [3.05, 3.63) is 35.9 Å². The van der Waals surface area contributed by atoms with E-state index >= 15 is 0 Å². The molecule has 0 bridgehead atoms. The molecule has 5 unspecified atom stereocenters. The average molecular weight is 266 g/mol. The summed E-state index contributed by atoms with van der Waals surface area (Å²) in [7, 11) is 0. The van der Waals surface area contributed by atoms with Gasteiger partial charge in [0, 0.05) is 5.92 Å². The van der Waals surface area contributed by atoms with Gasteiger partial charge in [0.05, 0.1) is 31.5 Å². The molecule has 1 aromatic carbocycles. The number of rotatable bonds is 4. The fourth-order valence-electron chi connectivity index (χ4n) is 2.60. The molecule has 19 heavy (non-hydrogen) atoms. The zero-order chi connectivity index (χ0) is 13.8. The van der Waals surface area contributed by atoms with E-state index in [4.69, 9.17) is 14.6 Å². The summed E-state index contributed by atoms with van der Waals surface area (Å²) in [6.07, 6.45) is -1.51. The van der Waals surface area contributed by atoms with Crippen molar-refractivity contribution >= 4 is 0 Å². The molecule has 2 rings (SSSR count). The lowest BCUT2D eigenvalue weighted by Gasteiger charge is -2.42. The third-order valence-electron chi connectivity index (χ3n) is 3.76. The Bertz CT molecular complexity index is 381. The van der Waals surface area contributed by atoms with E-state index in [1.54, 1.807) is 0 Å². The first-order valence-electron chi connectivity index (χ1n) is 6.73. The lowest BCUT2D eigenvalue weighted by atomic mass is 9.88. The summed E-state index contributed by atoms with van der Waals surface area (Å²) >= 11 is 0. The van der Waals surface area contributed by atoms with Crippen LogP contribution in [0.25, 0.3) is 0 Å². The highest BCUT2D eigenvalue weighted by Crippen LogP contribution is 2.28. The zero-order valence-electron chi connectivity index (χ0n) is 11.4. The van der Waals surface area contributed by atoms with Crippen molar-refractivity contribution in [3.8, 4) is 0 Å². The Morgan fingerprint density at radius 2 is 1.89 bits per heavy atom. The fraction of sp³-hybridized carbons (Fsp3) is 0.600. The van der Waals surface area contributed by atoms with Crippen molar-refractivity contribution in [1.82, 2.24) is 0 Å². The summed E-state index contributed by atoms with van der Waals surface area (Å²) in [4.78, 5) is 0. The summed E-state index contributed by atoms with van der Waals surface area (Å²) in [6.45, 7) is 4.18. The lowest BCUT2D eigenvalue weighted by molar-refractivity contribution is -0.216. The van der Waals surface area contributed by atoms with Crippen LogP contribution < -0.4 is 0 Å². The van der Waals surface area contributed by atoms with Crippen LogP contribution in [0.2, 0.25) is 0 Å². The van der Waals surface area contributed by atoms with E-state index in [0.717, 1.165) is 5.56 Å². The third kappa shape index (κ3) is 3.34. The Hall–Kier alpha value is -0.940. The van der Waals surface area contributed by atoms with E-state index in [1.165, 1.54) is 0 Å². The second-order valence-corrected chi connectivity index (χ2v) is 5.17. The van der Waals surface area contributed by atoms with Crippen LogP contribution in [0, 0.1) is 5.92 Å². The monoisotopic (exact) mass is 266 g/mol. The van der Waals surface area contributed by atoms with E-state index in [1.807, 2.05) is 44.2 Å². The first-order valence-corrected chi connectivity index (χ1v) is 6.73. The van der Waals surface area contributed by atoms with E-state index in [2.05, 4.69) is 0 Å². The van der Waals surface area contributed by atoms with Gasteiger partial charge in [0.1, 0.15) is 6.10 Å². The normalized spacial score (nSPS) is 35.3. The van der Waals surface area contributed by atoms with Crippen LogP contribution in [0.1, 0.15) is 19.4 Å². The standard InChI is InChI=1S/C15H22O4/c1-10-14(17)13(8-16)19-11(2)15(10)18-9-12-6-4-3-5-7-12/h3-7,10-11,13-17H,8-9H2,1-2H3. The number of ether oxygens (including phenoxy) is 2. The fourth-order valence-corrected chi connectivity index (χ4v) is 2.60. The molecule has 1 aliphatic heterocycles. The van der Waals surface area contributed by atoms with Gasteiger partial charge in [-0.3, -0.25) is 0 Å². The van der Waals surface area contributed by atoms with Gasteiger partial charge in [-0.2, -0.15) is 0 Å². The molecule has 0 aromatic heterocycles. The summed E-state index contributed by atoms with van der Waals surface area (Å²) in [5.41, 5.74) is 1.10. The topological polar surface area (TPSA) is 58.9 Å². The Morgan fingerprint density at radius 1 is 1.21 bits per heavy atom. The lowest BCUT2D eigenvalue weighted by Crippen LogP contribution is -2.54. The Balaban J connectivity index is 1.96. The smallest absolute Gasteiger partial charge is 0.107 e. The van der Waals surface area contributed by atoms with Gasteiger partial charge in [-0.25, -0.2) is 0 Å². The molecule has 5 atom stereocenters. The van der Waals surface area contributed by atoms with Crippen molar-refractivity contribution in [1.29, 1.82) is 0 Å². The predicted molar refractivity (Wildman–Crippen MR) is 71.6 cm³/mol. The van der Waals surface area contributed by atoms with E-state index in [9.17, 15) is 5.11 Å². The zero-order valence-corrected chi connectivity index (χ0v) is 11.4. The maximum atomic E-state index is 10.1. The van der Waals surface area contributed by atoms with Crippen molar-refractivity contribution in [2.24, 2.45) is 5.92 Å². The van der Waals surface area contributed by atoms with Crippen LogP contribution in [0.5, 0.6) is 0 Å².